The Kier molecular flexibility index (Phi) is 3.36. The Morgan fingerprint density at radius 1 is 1.33 bits per heavy atom. The summed E-state index contributed by atoms with van der Waals surface area (Å²) in [6, 6.07) is 6.44. The zero-order valence-corrected chi connectivity index (χ0v) is 11.6. The molecule has 1 N–H and O–H groups in total. The lowest BCUT2D eigenvalue weighted by Crippen LogP contribution is -2.10. The Morgan fingerprint density at radius 2 is 2.19 bits per heavy atom. The lowest BCUT2D eigenvalue weighted by atomic mass is 10.2. The minimum Gasteiger partial charge on any atom is -0.465 e. The Bertz CT molecular complexity index is 810. The topological polar surface area (TPSA) is 94.3 Å². The predicted molar refractivity (Wildman–Crippen MR) is 75.4 cm³/mol. The molecule has 0 saturated carbocycles. The molecule has 1 aromatic carbocycles. The maximum atomic E-state index is 11.8. The zero-order chi connectivity index (χ0) is 14.8. The monoisotopic (exact) mass is 303 g/mol. The first-order valence-corrected chi connectivity index (χ1v) is 6.70. The number of methoxy groups -OCH3 is 1. The molecule has 0 aliphatic rings. The molecule has 0 saturated heterocycles. The van der Waals surface area contributed by atoms with Crippen molar-refractivity contribution in [1.29, 1.82) is 0 Å². The predicted octanol–water partition coefficient (Wildman–Crippen LogP) is 2.32. The Labute approximate surface area is 122 Å². The highest BCUT2D eigenvalue weighted by Gasteiger charge is 2.14. The van der Waals surface area contributed by atoms with Gasteiger partial charge in [0, 0.05) is 6.07 Å². The van der Waals surface area contributed by atoms with E-state index in [1.165, 1.54) is 30.7 Å². The van der Waals surface area contributed by atoms with Crippen LogP contribution in [0.15, 0.2) is 35.0 Å². The molecule has 0 aliphatic heterocycles. The number of anilines is 1. The third-order valence-corrected chi connectivity index (χ3v) is 3.63. The molecule has 3 rings (SSSR count). The molecule has 3 aromatic rings. The Balaban J connectivity index is 1.87. The van der Waals surface area contributed by atoms with Gasteiger partial charge in [-0.2, -0.15) is 0 Å². The quantitative estimate of drug-likeness (QED) is 0.746. The van der Waals surface area contributed by atoms with Crippen molar-refractivity contribution in [2.75, 3.05) is 12.4 Å². The number of fused-ring (bicyclic) bond motifs is 1. The molecule has 0 aliphatic carbocycles. The van der Waals surface area contributed by atoms with Crippen LogP contribution in [0.25, 0.3) is 10.2 Å². The molecule has 0 spiro atoms. The van der Waals surface area contributed by atoms with Crippen LogP contribution in [-0.4, -0.2) is 29.1 Å². The van der Waals surface area contributed by atoms with Crippen LogP contribution in [0.3, 0.4) is 0 Å². The third-order valence-electron chi connectivity index (χ3n) is 2.69. The number of rotatable bonds is 3. The van der Waals surface area contributed by atoms with E-state index in [1.54, 1.807) is 18.2 Å². The summed E-state index contributed by atoms with van der Waals surface area (Å²) < 4.78 is 10.2. The largest absolute Gasteiger partial charge is 0.465 e. The van der Waals surface area contributed by atoms with E-state index in [0.717, 1.165) is 4.70 Å². The van der Waals surface area contributed by atoms with Crippen molar-refractivity contribution in [3.8, 4) is 0 Å². The molecule has 7 nitrogen and oxygen atoms in total. The first kappa shape index (κ1) is 13.3. The number of carbonyl (C=O) groups is 2. The fourth-order valence-corrected chi connectivity index (χ4v) is 2.61. The van der Waals surface area contributed by atoms with E-state index in [-0.39, 0.29) is 5.76 Å². The van der Waals surface area contributed by atoms with Gasteiger partial charge < -0.3 is 9.26 Å². The van der Waals surface area contributed by atoms with Gasteiger partial charge in [0.15, 0.2) is 5.13 Å². The molecule has 8 heteroatoms. The number of nitrogens with one attached hydrogen (secondary N) is 1. The second-order valence-electron chi connectivity index (χ2n) is 4.02. The Morgan fingerprint density at radius 3 is 2.90 bits per heavy atom. The van der Waals surface area contributed by atoms with Crippen LogP contribution in [0.5, 0.6) is 0 Å². The van der Waals surface area contributed by atoms with E-state index in [0.29, 0.717) is 16.2 Å². The number of hydrogen-bond acceptors (Lipinski definition) is 7. The van der Waals surface area contributed by atoms with E-state index >= 15 is 0 Å². The van der Waals surface area contributed by atoms with Gasteiger partial charge in [-0.15, -0.1) is 0 Å². The average Bonchev–Trinajstić information content (AvgIpc) is 3.14. The molecule has 2 aromatic heterocycles. The summed E-state index contributed by atoms with van der Waals surface area (Å²) in [5.41, 5.74) is 1.11. The van der Waals surface area contributed by atoms with Crippen LogP contribution in [0.1, 0.15) is 20.9 Å². The summed E-state index contributed by atoms with van der Waals surface area (Å²) in [4.78, 5) is 27.6. The third kappa shape index (κ3) is 2.61. The summed E-state index contributed by atoms with van der Waals surface area (Å²) in [7, 11) is 1.32. The van der Waals surface area contributed by atoms with Gasteiger partial charge in [-0.3, -0.25) is 10.1 Å². The smallest absolute Gasteiger partial charge is 0.337 e. The number of benzene rings is 1. The van der Waals surface area contributed by atoms with Gasteiger partial charge in [0.2, 0.25) is 5.76 Å². The van der Waals surface area contributed by atoms with Crippen LogP contribution < -0.4 is 5.32 Å². The van der Waals surface area contributed by atoms with Crippen molar-refractivity contribution < 1.29 is 18.8 Å². The second kappa shape index (κ2) is 5.33. The lowest BCUT2D eigenvalue weighted by Gasteiger charge is -1.97. The normalized spacial score (nSPS) is 10.5. The zero-order valence-electron chi connectivity index (χ0n) is 10.8. The van der Waals surface area contributed by atoms with Crippen molar-refractivity contribution in [1.82, 2.24) is 10.1 Å². The summed E-state index contributed by atoms with van der Waals surface area (Å²) in [6.45, 7) is 0. The van der Waals surface area contributed by atoms with Gasteiger partial charge in [-0.1, -0.05) is 16.5 Å². The van der Waals surface area contributed by atoms with E-state index < -0.39 is 11.9 Å². The maximum Gasteiger partial charge on any atom is 0.337 e. The molecule has 1 amide bonds. The molecule has 0 radical (unpaired) electrons. The number of thiazole rings is 1. The number of carbonyl (C=O) groups excluding carboxylic acids is 2. The lowest BCUT2D eigenvalue weighted by molar-refractivity contribution is 0.0601. The molecule has 0 unspecified atom stereocenters. The van der Waals surface area contributed by atoms with Gasteiger partial charge in [0.05, 0.1) is 29.1 Å². The summed E-state index contributed by atoms with van der Waals surface area (Å²) >= 11 is 1.25. The molecule has 2 heterocycles. The average molecular weight is 303 g/mol. The molecule has 0 atom stereocenters. The highest BCUT2D eigenvalue weighted by molar-refractivity contribution is 7.22. The fourth-order valence-electron chi connectivity index (χ4n) is 1.71. The SMILES string of the molecule is COC(=O)c1ccc2nc(NC(=O)c3ccno3)sc2c1. The molecular formula is C13H9N3O4S. The number of ether oxygens (including phenoxy) is 1. The summed E-state index contributed by atoms with van der Waals surface area (Å²) in [5.74, 6) is -0.748. The van der Waals surface area contributed by atoms with E-state index in [9.17, 15) is 9.59 Å². The summed E-state index contributed by atoms with van der Waals surface area (Å²) in [5, 5.41) is 6.49. The first-order chi connectivity index (χ1) is 10.2. The minimum atomic E-state index is -0.431. The molecule has 0 fully saturated rings. The van der Waals surface area contributed by atoms with Crippen molar-refractivity contribution in [2.24, 2.45) is 0 Å². The van der Waals surface area contributed by atoms with Crippen molar-refractivity contribution >= 4 is 38.6 Å². The van der Waals surface area contributed by atoms with E-state index in [4.69, 9.17) is 4.52 Å². The number of hydrogen-bond donors (Lipinski definition) is 1. The van der Waals surface area contributed by atoms with Crippen LogP contribution in [0.4, 0.5) is 5.13 Å². The molecule has 21 heavy (non-hydrogen) atoms. The van der Waals surface area contributed by atoms with Gasteiger partial charge in [-0.25, -0.2) is 9.78 Å². The van der Waals surface area contributed by atoms with Crippen molar-refractivity contribution in [3.63, 3.8) is 0 Å². The minimum absolute atomic E-state index is 0.101. The van der Waals surface area contributed by atoms with Crippen molar-refractivity contribution in [2.45, 2.75) is 0 Å². The van der Waals surface area contributed by atoms with Gasteiger partial charge in [0.25, 0.3) is 5.91 Å². The highest BCUT2D eigenvalue weighted by atomic mass is 32.1. The van der Waals surface area contributed by atoms with E-state index in [2.05, 4.69) is 20.2 Å². The van der Waals surface area contributed by atoms with E-state index in [1.807, 2.05) is 0 Å². The second-order valence-corrected chi connectivity index (χ2v) is 5.05. The van der Waals surface area contributed by atoms with Crippen LogP contribution in [0.2, 0.25) is 0 Å². The first-order valence-electron chi connectivity index (χ1n) is 5.88. The number of amides is 1. The maximum absolute atomic E-state index is 11.8. The van der Waals surface area contributed by atoms with Gasteiger partial charge >= 0.3 is 5.97 Å². The molecular weight excluding hydrogens is 294 g/mol. The van der Waals surface area contributed by atoms with Crippen molar-refractivity contribution in [3.05, 3.63) is 41.8 Å². The van der Waals surface area contributed by atoms with Gasteiger partial charge in [0.1, 0.15) is 0 Å². The van der Waals surface area contributed by atoms with Gasteiger partial charge in [-0.05, 0) is 18.2 Å². The standard InChI is InChI=1S/C13H9N3O4S/c1-19-12(18)7-2-3-8-10(6-7)21-13(15-8)16-11(17)9-4-5-14-20-9/h2-6H,1H3,(H,15,16,17). The van der Waals surface area contributed by atoms with Crippen LogP contribution >= 0.6 is 11.3 Å². The molecule has 0 bridgehead atoms. The molecule has 106 valence electrons. The Hall–Kier alpha value is -2.74. The summed E-state index contributed by atoms with van der Waals surface area (Å²) in [6.07, 6.45) is 1.38. The highest BCUT2D eigenvalue weighted by Crippen LogP contribution is 2.27. The number of aromatic nitrogens is 2. The van der Waals surface area contributed by atoms with Crippen LogP contribution in [0, 0.1) is 0 Å². The van der Waals surface area contributed by atoms with Crippen LogP contribution in [-0.2, 0) is 4.74 Å². The fraction of sp³-hybridized carbons (Fsp3) is 0.0769. The number of esters is 1. The number of nitrogens with zero attached hydrogens (tertiary/aromatic N) is 2.